The van der Waals surface area contributed by atoms with E-state index in [9.17, 15) is 0 Å². The first-order valence-electron chi connectivity index (χ1n) is 7.40. The molecule has 0 spiro atoms. The van der Waals surface area contributed by atoms with Crippen LogP contribution in [-0.4, -0.2) is 6.54 Å². The van der Waals surface area contributed by atoms with E-state index >= 15 is 0 Å². The summed E-state index contributed by atoms with van der Waals surface area (Å²) in [5, 5.41) is 3.50. The van der Waals surface area contributed by atoms with Crippen molar-refractivity contribution in [3.8, 4) is 5.75 Å². The van der Waals surface area contributed by atoms with Crippen LogP contribution >= 0.6 is 15.9 Å². The number of nitrogens with one attached hydrogen (secondary N) is 1. The van der Waals surface area contributed by atoms with Gasteiger partial charge in [-0.1, -0.05) is 59.3 Å². The van der Waals surface area contributed by atoms with Gasteiger partial charge in [0, 0.05) is 10.5 Å². The van der Waals surface area contributed by atoms with Crippen molar-refractivity contribution < 1.29 is 4.74 Å². The molecular formula is C18H22BrNO. The molecule has 2 aromatic carbocycles. The van der Waals surface area contributed by atoms with E-state index in [4.69, 9.17) is 4.74 Å². The Morgan fingerprint density at radius 2 is 1.90 bits per heavy atom. The molecule has 2 rings (SSSR count). The zero-order valence-electron chi connectivity index (χ0n) is 12.6. The molecular weight excluding hydrogens is 326 g/mol. The van der Waals surface area contributed by atoms with Crippen LogP contribution in [0.1, 0.15) is 37.4 Å². The lowest BCUT2D eigenvalue weighted by Crippen LogP contribution is -2.19. The SMILES string of the molecule is CCCNC(C)c1ccc(OCc2ccccc2)cc1Br. The van der Waals surface area contributed by atoms with Gasteiger partial charge in [-0.2, -0.15) is 0 Å². The van der Waals surface area contributed by atoms with Gasteiger partial charge < -0.3 is 10.1 Å². The first-order chi connectivity index (χ1) is 10.2. The monoisotopic (exact) mass is 347 g/mol. The van der Waals surface area contributed by atoms with Gasteiger partial charge in [-0.05, 0) is 43.1 Å². The zero-order chi connectivity index (χ0) is 15.1. The topological polar surface area (TPSA) is 21.3 Å². The standard InChI is InChI=1S/C18H22BrNO/c1-3-11-20-14(2)17-10-9-16(12-18(17)19)21-13-15-7-5-4-6-8-15/h4-10,12,14,20H,3,11,13H2,1-2H3. The predicted molar refractivity (Wildman–Crippen MR) is 91.6 cm³/mol. The highest BCUT2D eigenvalue weighted by molar-refractivity contribution is 9.10. The van der Waals surface area contributed by atoms with Crippen molar-refractivity contribution in [2.45, 2.75) is 32.9 Å². The summed E-state index contributed by atoms with van der Waals surface area (Å²) in [6.07, 6.45) is 1.14. The summed E-state index contributed by atoms with van der Waals surface area (Å²) in [6, 6.07) is 16.7. The lowest BCUT2D eigenvalue weighted by Gasteiger charge is -2.16. The molecule has 0 bridgehead atoms. The van der Waals surface area contributed by atoms with Crippen LogP contribution in [0.3, 0.4) is 0 Å². The van der Waals surface area contributed by atoms with Crippen LogP contribution in [0.5, 0.6) is 5.75 Å². The molecule has 0 aliphatic heterocycles. The van der Waals surface area contributed by atoms with E-state index in [1.807, 2.05) is 30.3 Å². The molecule has 0 aromatic heterocycles. The lowest BCUT2D eigenvalue weighted by atomic mass is 10.1. The number of benzene rings is 2. The molecule has 112 valence electrons. The second-order valence-electron chi connectivity index (χ2n) is 5.13. The number of halogens is 1. The predicted octanol–water partition coefficient (Wildman–Crippen LogP) is 5.09. The normalized spacial score (nSPS) is 12.1. The second kappa shape index (κ2) is 8.20. The summed E-state index contributed by atoms with van der Waals surface area (Å²) < 4.78 is 6.93. The largest absolute Gasteiger partial charge is 0.489 e. The van der Waals surface area contributed by atoms with Gasteiger partial charge in [-0.15, -0.1) is 0 Å². The number of ether oxygens (including phenoxy) is 1. The van der Waals surface area contributed by atoms with Crippen LogP contribution in [0.2, 0.25) is 0 Å². The fourth-order valence-corrected chi connectivity index (χ4v) is 2.86. The maximum Gasteiger partial charge on any atom is 0.120 e. The fourth-order valence-electron chi connectivity index (χ4n) is 2.16. The Labute approximate surface area is 135 Å². The Balaban J connectivity index is 1.98. The van der Waals surface area contributed by atoms with Gasteiger partial charge in [0.05, 0.1) is 0 Å². The van der Waals surface area contributed by atoms with Crippen LogP contribution in [0.4, 0.5) is 0 Å². The lowest BCUT2D eigenvalue weighted by molar-refractivity contribution is 0.306. The van der Waals surface area contributed by atoms with Crippen LogP contribution in [0.25, 0.3) is 0 Å². The molecule has 0 saturated heterocycles. The molecule has 0 fully saturated rings. The summed E-state index contributed by atoms with van der Waals surface area (Å²) >= 11 is 3.65. The van der Waals surface area contributed by atoms with Crippen LogP contribution < -0.4 is 10.1 Å². The summed E-state index contributed by atoms with van der Waals surface area (Å²) in [5.41, 5.74) is 2.44. The van der Waals surface area contributed by atoms with Gasteiger partial charge in [0.15, 0.2) is 0 Å². The molecule has 2 nitrogen and oxygen atoms in total. The highest BCUT2D eigenvalue weighted by Gasteiger charge is 2.09. The Morgan fingerprint density at radius 3 is 2.57 bits per heavy atom. The van der Waals surface area contributed by atoms with E-state index in [-0.39, 0.29) is 0 Å². The number of hydrogen-bond acceptors (Lipinski definition) is 2. The molecule has 2 aromatic rings. The molecule has 21 heavy (non-hydrogen) atoms. The molecule has 1 unspecified atom stereocenters. The van der Waals surface area contributed by atoms with Crippen LogP contribution in [-0.2, 0) is 6.61 Å². The van der Waals surface area contributed by atoms with Crippen molar-refractivity contribution in [2.24, 2.45) is 0 Å². The summed E-state index contributed by atoms with van der Waals surface area (Å²) in [4.78, 5) is 0. The van der Waals surface area contributed by atoms with E-state index in [1.54, 1.807) is 0 Å². The Bertz CT molecular complexity index is 556. The zero-order valence-corrected chi connectivity index (χ0v) is 14.2. The van der Waals surface area contributed by atoms with E-state index in [0.717, 1.165) is 23.2 Å². The second-order valence-corrected chi connectivity index (χ2v) is 5.99. The fraction of sp³-hybridized carbons (Fsp3) is 0.333. The number of hydrogen-bond donors (Lipinski definition) is 1. The first-order valence-corrected chi connectivity index (χ1v) is 8.19. The molecule has 0 heterocycles. The molecule has 0 saturated carbocycles. The van der Waals surface area contributed by atoms with Crippen molar-refractivity contribution in [3.05, 3.63) is 64.1 Å². The van der Waals surface area contributed by atoms with Crippen molar-refractivity contribution in [1.82, 2.24) is 5.32 Å². The summed E-state index contributed by atoms with van der Waals surface area (Å²) in [7, 11) is 0. The average Bonchev–Trinajstić information content (AvgIpc) is 2.51. The summed E-state index contributed by atoms with van der Waals surface area (Å²) in [5.74, 6) is 0.886. The Hall–Kier alpha value is -1.32. The quantitative estimate of drug-likeness (QED) is 0.753. The van der Waals surface area contributed by atoms with Gasteiger partial charge in [0.25, 0.3) is 0 Å². The van der Waals surface area contributed by atoms with Crippen molar-refractivity contribution in [3.63, 3.8) is 0 Å². The molecule has 0 aliphatic rings. The van der Waals surface area contributed by atoms with E-state index in [1.165, 1.54) is 11.1 Å². The first kappa shape index (κ1) is 16.1. The third-order valence-electron chi connectivity index (χ3n) is 3.39. The summed E-state index contributed by atoms with van der Waals surface area (Å²) in [6.45, 7) is 5.98. The smallest absolute Gasteiger partial charge is 0.120 e. The Kier molecular flexibility index (Phi) is 6.27. The van der Waals surface area contributed by atoms with Gasteiger partial charge in [-0.25, -0.2) is 0 Å². The highest BCUT2D eigenvalue weighted by atomic mass is 79.9. The van der Waals surface area contributed by atoms with Crippen molar-refractivity contribution in [1.29, 1.82) is 0 Å². The molecule has 0 aliphatic carbocycles. The number of rotatable bonds is 7. The van der Waals surface area contributed by atoms with Gasteiger partial charge in [0.1, 0.15) is 12.4 Å². The third-order valence-corrected chi connectivity index (χ3v) is 4.07. The molecule has 0 radical (unpaired) electrons. The minimum atomic E-state index is 0.336. The average molecular weight is 348 g/mol. The minimum Gasteiger partial charge on any atom is -0.489 e. The van der Waals surface area contributed by atoms with Crippen LogP contribution in [0.15, 0.2) is 53.0 Å². The maximum absolute atomic E-state index is 5.84. The van der Waals surface area contributed by atoms with E-state index < -0.39 is 0 Å². The van der Waals surface area contributed by atoms with Crippen molar-refractivity contribution in [2.75, 3.05) is 6.54 Å². The molecule has 3 heteroatoms. The minimum absolute atomic E-state index is 0.336. The Morgan fingerprint density at radius 1 is 1.14 bits per heavy atom. The third kappa shape index (κ3) is 4.87. The maximum atomic E-state index is 5.84. The van der Waals surface area contributed by atoms with E-state index in [0.29, 0.717) is 12.6 Å². The highest BCUT2D eigenvalue weighted by Crippen LogP contribution is 2.28. The molecule has 0 amide bonds. The van der Waals surface area contributed by atoms with Crippen molar-refractivity contribution >= 4 is 15.9 Å². The van der Waals surface area contributed by atoms with Crippen LogP contribution in [0, 0.1) is 0 Å². The van der Waals surface area contributed by atoms with Gasteiger partial charge in [-0.3, -0.25) is 0 Å². The molecule has 1 N–H and O–H groups in total. The van der Waals surface area contributed by atoms with E-state index in [2.05, 4.69) is 53.3 Å². The molecule has 1 atom stereocenters. The van der Waals surface area contributed by atoms with Gasteiger partial charge in [0.2, 0.25) is 0 Å². The van der Waals surface area contributed by atoms with Gasteiger partial charge >= 0.3 is 0 Å².